The Morgan fingerprint density at radius 1 is 1.22 bits per heavy atom. The van der Waals surface area contributed by atoms with Crippen LogP contribution in [0.4, 0.5) is 0 Å². The molecule has 0 aliphatic rings. The molecule has 1 aromatic heterocycles. The van der Waals surface area contributed by atoms with E-state index in [4.69, 9.17) is 9.15 Å². The zero-order chi connectivity index (χ0) is 13.0. The van der Waals surface area contributed by atoms with Gasteiger partial charge in [0, 0.05) is 5.56 Å². The first kappa shape index (κ1) is 12.4. The number of ether oxygens (including phenoxy) is 1. The van der Waals surface area contributed by atoms with E-state index in [0.717, 1.165) is 22.8 Å². The Hall–Kier alpha value is -2.03. The Kier molecular flexibility index (Phi) is 3.82. The number of furan rings is 1. The van der Waals surface area contributed by atoms with Crippen LogP contribution in [0.25, 0.3) is 0 Å². The number of benzene rings is 1. The summed E-state index contributed by atoms with van der Waals surface area (Å²) < 4.78 is 10.8. The summed E-state index contributed by atoms with van der Waals surface area (Å²) in [4.78, 5) is 4.49. The smallest absolute Gasteiger partial charge is 0.144 e. The Labute approximate surface area is 107 Å². The molecule has 2 rings (SSSR count). The molecule has 1 unspecified atom stereocenters. The van der Waals surface area contributed by atoms with Crippen molar-refractivity contribution in [1.82, 2.24) is 0 Å². The third-order valence-corrected chi connectivity index (χ3v) is 2.78. The first-order valence-corrected chi connectivity index (χ1v) is 5.93. The SMILES string of the molecule is COc1ccccc1C(C)/N=C/c1ccc(C)o1. The lowest BCUT2D eigenvalue weighted by Crippen LogP contribution is -1.95. The zero-order valence-electron chi connectivity index (χ0n) is 10.9. The monoisotopic (exact) mass is 243 g/mol. The van der Waals surface area contributed by atoms with Gasteiger partial charge >= 0.3 is 0 Å². The van der Waals surface area contributed by atoms with Gasteiger partial charge in [0.05, 0.1) is 19.4 Å². The molecular weight excluding hydrogens is 226 g/mol. The van der Waals surface area contributed by atoms with Crippen LogP contribution in [0.5, 0.6) is 5.75 Å². The molecule has 0 spiro atoms. The average molecular weight is 243 g/mol. The molecule has 18 heavy (non-hydrogen) atoms. The van der Waals surface area contributed by atoms with E-state index in [0.29, 0.717) is 0 Å². The molecule has 94 valence electrons. The summed E-state index contributed by atoms with van der Waals surface area (Å²) in [6.45, 7) is 3.95. The van der Waals surface area contributed by atoms with Gasteiger partial charge in [-0.3, -0.25) is 4.99 Å². The molecule has 0 saturated heterocycles. The highest BCUT2D eigenvalue weighted by Crippen LogP contribution is 2.26. The van der Waals surface area contributed by atoms with E-state index in [1.807, 2.05) is 50.2 Å². The molecule has 0 fully saturated rings. The van der Waals surface area contributed by atoms with Crippen molar-refractivity contribution < 1.29 is 9.15 Å². The second kappa shape index (κ2) is 5.54. The van der Waals surface area contributed by atoms with Crippen molar-refractivity contribution in [2.24, 2.45) is 4.99 Å². The van der Waals surface area contributed by atoms with Crippen LogP contribution < -0.4 is 4.74 Å². The summed E-state index contributed by atoms with van der Waals surface area (Å²) in [5, 5.41) is 0. The van der Waals surface area contributed by atoms with Crippen molar-refractivity contribution in [2.75, 3.05) is 7.11 Å². The van der Waals surface area contributed by atoms with Gasteiger partial charge in [0.2, 0.25) is 0 Å². The zero-order valence-corrected chi connectivity index (χ0v) is 10.9. The lowest BCUT2D eigenvalue weighted by atomic mass is 10.1. The second-order valence-electron chi connectivity index (χ2n) is 4.14. The van der Waals surface area contributed by atoms with Gasteiger partial charge in [-0.1, -0.05) is 18.2 Å². The molecule has 1 heterocycles. The highest BCUT2D eigenvalue weighted by Gasteiger charge is 2.08. The summed E-state index contributed by atoms with van der Waals surface area (Å²) >= 11 is 0. The number of hydrogen-bond donors (Lipinski definition) is 0. The number of aryl methyl sites for hydroxylation is 1. The summed E-state index contributed by atoms with van der Waals surface area (Å²) in [7, 11) is 1.67. The lowest BCUT2D eigenvalue weighted by molar-refractivity contribution is 0.407. The van der Waals surface area contributed by atoms with Gasteiger partial charge < -0.3 is 9.15 Å². The Morgan fingerprint density at radius 2 is 2.00 bits per heavy atom. The summed E-state index contributed by atoms with van der Waals surface area (Å²) in [5.74, 6) is 2.52. The standard InChI is InChI=1S/C15H17NO2/c1-11-8-9-13(18-11)10-16-12(2)14-6-4-5-7-15(14)17-3/h4-10,12H,1-3H3/b16-10+. The fourth-order valence-electron chi connectivity index (χ4n) is 1.80. The quantitative estimate of drug-likeness (QED) is 0.766. The lowest BCUT2D eigenvalue weighted by Gasteiger charge is -2.11. The minimum atomic E-state index is 0.0338. The molecule has 0 bridgehead atoms. The molecular formula is C15H17NO2. The minimum Gasteiger partial charge on any atom is -0.496 e. The maximum absolute atomic E-state index is 5.45. The third-order valence-electron chi connectivity index (χ3n) is 2.78. The highest BCUT2D eigenvalue weighted by atomic mass is 16.5. The first-order valence-electron chi connectivity index (χ1n) is 5.93. The summed E-state index contributed by atoms with van der Waals surface area (Å²) in [6.07, 6.45) is 1.75. The Morgan fingerprint density at radius 3 is 2.67 bits per heavy atom. The number of methoxy groups -OCH3 is 1. The van der Waals surface area contributed by atoms with E-state index in [2.05, 4.69) is 4.99 Å². The fourth-order valence-corrected chi connectivity index (χ4v) is 1.80. The molecule has 2 aromatic rings. The van der Waals surface area contributed by atoms with Crippen LogP contribution >= 0.6 is 0 Å². The summed E-state index contributed by atoms with van der Waals surface area (Å²) in [5.41, 5.74) is 1.07. The van der Waals surface area contributed by atoms with Crippen LogP contribution in [-0.2, 0) is 0 Å². The van der Waals surface area contributed by atoms with Crippen LogP contribution in [-0.4, -0.2) is 13.3 Å². The number of rotatable bonds is 4. The predicted octanol–water partition coefficient (Wildman–Crippen LogP) is 3.78. The molecule has 1 aromatic carbocycles. The van der Waals surface area contributed by atoms with Crippen molar-refractivity contribution >= 4 is 6.21 Å². The van der Waals surface area contributed by atoms with E-state index in [1.54, 1.807) is 13.3 Å². The molecule has 0 radical (unpaired) electrons. The second-order valence-corrected chi connectivity index (χ2v) is 4.14. The van der Waals surface area contributed by atoms with E-state index in [1.165, 1.54) is 0 Å². The molecule has 0 N–H and O–H groups in total. The molecule has 0 amide bonds. The number of nitrogens with zero attached hydrogens (tertiary/aromatic N) is 1. The van der Waals surface area contributed by atoms with Gasteiger partial charge in [-0.05, 0) is 32.0 Å². The van der Waals surface area contributed by atoms with Gasteiger partial charge in [-0.15, -0.1) is 0 Å². The van der Waals surface area contributed by atoms with Crippen molar-refractivity contribution in [3.63, 3.8) is 0 Å². The van der Waals surface area contributed by atoms with Crippen LogP contribution in [0.3, 0.4) is 0 Å². The van der Waals surface area contributed by atoms with E-state index < -0.39 is 0 Å². The van der Waals surface area contributed by atoms with Gasteiger partial charge in [-0.2, -0.15) is 0 Å². The Balaban J connectivity index is 2.16. The van der Waals surface area contributed by atoms with Gasteiger partial charge in [0.15, 0.2) is 0 Å². The molecule has 0 aliphatic heterocycles. The van der Waals surface area contributed by atoms with Gasteiger partial charge in [-0.25, -0.2) is 0 Å². The maximum Gasteiger partial charge on any atom is 0.144 e. The highest BCUT2D eigenvalue weighted by molar-refractivity contribution is 5.76. The van der Waals surface area contributed by atoms with Gasteiger partial charge in [0.25, 0.3) is 0 Å². The minimum absolute atomic E-state index is 0.0338. The third kappa shape index (κ3) is 2.80. The number of aliphatic imine (C=N–C) groups is 1. The van der Waals surface area contributed by atoms with E-state index >= 15 is 0 Å². The molecule has 3 heteroatoms. The summed E-state index contributed by atoms with van der Waals surface area (Å²) in [6, 6.07) is 11.8. The van der Waals surface area contributed by atoms with Crippen molar-refractivity contribution in [1.29, 1.82) is 0 Å². The van der Waals surface area contributed by atoms with Crippen LogP contribution in [0.2, 0.25) is 0 Å². The largest absolute Gasteiger partial charge is 0.496 e. The molecule has 0 saturated carbocycles. The first-order chi connectivity index (χ1) is 8.70. The predicted molar refractivity (Wildman–Crippen MR) is 72.4 cm³/mol. The molecule has 0 aliphatic carbocycles. The van der Waals surface area contributed by atoms with E-state index in [9.17, 15) is 0 Å². The van der Waals surface area contributed by atoms with Crippen molar-refractivity contribution in [3.05, 3.63) is 53.5 Å². The van der Waals surface area contributed by atoms with Gasteiger partial charge in [0.1, 0.15) is 17.3 Å². The van der Waals surface area contributed by atoms with E-state index in [-0.39, 0.29) is 6.04 Å². The maximum atomic E-state index is 5.45. The fraction of sp³-hybridized carbons (Fsp3) is 0.267. The van der Waals surface area contributed by atoms with Crippen molar-refractivity contribution in [3.8, 4) is 5.75 Å². The number of para-hydroxylation sites is 1. The number of hydrogen-bond acceptors (Lipinski definition) is 3. The van der Waals surface area contributed by atoms with Crippen molar-refractivity contribution in [2.45, 2.75) is 19.9 Å². The average Bonchev–Trinajstić information content (AvgIpc) is 2.81. The van der Waals surface area contributed by atoms with Crippen LogP contribution in [0.1, 0.15) is 30.0 Å². The molecule has 1 atom stereocenters. The topological polar surface area (TPSA) is 34.7 Å². The molecule has 3 nitrogen and oxygen atoms in total. The van der Waals surface area contributed by atoms with Crippen LogP contribution in [0, 0.1) is 6.92 Å². The Bertz CT molecular complexity index is 543. The normalized spacial score (nSPS) is 12.8. The van der Waals surface area contributed by atoms with Crippen LogP contribution in [0.15, 0.2) is 45.8 Å².